The number of carbonyl (C=O) groups is 1. The van der Waals surface area contributed by atoms with E-state index in [-0.39, 0.29) is 5.76 Å². The van der Waals surface area contributed by atoms with E-state index < -0.39 is 0 Å². The van der Waals surface area contributed by atoms with E-state index in [2.05, 4.69) is 20.2 Å². The normalized spacial score (nSPS) is 10.5. The molecule has 0 bridgehead atoms. The molecule has 0 atom stereocenters. The van der Waals surface area contributed by atoms with Crippen LogP contribution in [0.1, 0.15) is 10.6 Å². The molecule has 94 valence electrons. The molecule has 3 rings (SSSR count). The maximum Gasteiger partial charge on any atom is 0.216 e. The average molecular weight is 272 g/mol. The van der Waals surface area contributed by atoms with Crippen LogP contribution in [0.4, 0.5) is 0 Å². The van der Waals surface area contributed by atoms with Gasteiger partial charge >= 0.3 is 0 Å². The predicted octanol–water partition coefficient (Wildman–Crippen LogP) is 2.42. The van der Waals surface area contributed by atoms with Crippen molar-refractivity contribution in [2.45, 2.75) is 10.2 Å². The monoisotopic (exact) mass is 272 g/mol. The van der Waals surface area contributed by atoms with Crippen molar-refractivity contribution < 1.29 is 9.21 Å². The highest BCUT2D eigenvalue weighted by molar-refractivity contribution is 7.99. The first-order valence-corrected chi connectivity index (χ1v) is 6.22. The van der Waals surface area contributed by atoms with E-state index >= 15 is 0 Å². The Morgan fingerprint density at radius 2 is 2.05 bits per heavy atom. The third-order valence-electron chi connectivity index (χ3n) is 2.33. The molecule has 0 aliphatic rings. The van der Waals surface area contributed by atoms with E-state index in [1.54, 1.807) is 24.5 Å². The van der Waals surface area contributed by atoms with Crippen molar-refractivity contribution in [3.05, 3.63) is 42.4 Å². The minimum absolute atomic E-state index is 0.285. The van der Waals surface area contributed by atoms with Gasteiger partial charge in [-0.2, -0.15) is 0 Å². The van der Waals surface area contributed by atoms with E-state index in [9.17, 15) is 4.79 Å². The lowest BCUT2D eigenvalue weighted by Gasteiger charge is -1.92. The highest BCUT2D eigenvalue weighted by Gasteiger charge is 2.09. The predicted molar refractivity (Wildman–Crippen MR) is 67.8 cm³/mol. The number of aromatic nitrogens is 4. The van der Waals surface area contributed by atoms with Crippen molar-refractivity contribution in [2.24, 2.45) is 0 Å². The van der Waals surface area contributed by atoms with Crippen molar-refractivity contribution in [3.63, 3.8) is 0 Å². The second kappa shape index (κ2) is 5.07. The van der Waals surface area contributed by atoms with E-state index in [1.165, 1.54) is 11.8 Å². The average Bonchev–Trinajstić information content (AvgIpc) is 3.09. The van der Waals surface area contributed by atoms with Crippen LogP contribution in [0.2, 0.25) is 0 Å². The molecule has 0 spiro atoms. The van der Waals surface area contributed by atoms with Crippen LogP contribution in [0.25, 0.3) is 11.4 Å². The molecule has 0 unspecified atom stereocenters. The van der Waals surface area contributed by atoms with Crippen molar-refractivity contribution in [3.8, 4) is 11.4 Å². The Morgan fingerprint density at radius 1 is 1.21 bits per heavy atom. The molecule has 0 fully saturated rings. The fourth-order valence-corrected chi connectivity index (χ4v) is 2.16. The molecular formula is C12H8N4O2S. The number of aromatic amines is 1. The highest BCUT2D eigenvalue weighted by Crippen LogP contribution is 2.27. The van der Waals surface area contributed by atoms with Gasteiger partial charge in [0, 0.05) is 18.0 Å². The minimum atomic E-state index is 0.285. The van der Waals surface area contributed by atoms with Crippen LogP contribution in [0.15, 0.2) is 51.3 Å². The topological polar surface area (TPSA) is 84.7 Å². The lowest BCUT2D eigenvalue weighted by molar-refractivity contribution is 0.109. The Bertz CT molecular complexity index is 693. The van der Waals surface area contributed by atoms with Crippen molar-refractivity contribution in [2.75, 3.05) is 0 Å². The number of pyridine rings is 1. The summed E-state index contributed by atoms with van der Waals surface area (Å²) in [7, 11) is 0. The van der Waals surface area contributed by atoms with Gasteiger partial charge in [0.1, 0.15) is 0 Å². The third-order valence-corrected chi connectivity index (χ3v) is 3.11. The van der Waals surface area contributed by atoms with Crippen LogP contribution in [0.3, 0.4) is 0 Å². The van der Waals surface area contributed by atoms with Gasteiger partial charge in [-0.05, 0) is 36.0 Å². The van der Waals surface area contributed by atoms with E-state index in [0.29, 0.717) is 22.4 Å². The Labute approximate surface area is 112 Å². The second-order valence-corrected chi connectivity index (χ2v) is 4.55. The van der Waals surface area contributed by atoms with Crippen LogP contribution < -0.4 is 0 Å². The SMILES string of the molecule is O=Cc1ccc(Sc2n[nH]c(-c3ccncc3)n2)o1. The first-order chi connectivity index (χ1) is 9.35. The molecular weight excluding hydrogens is 264 g/mol. The van der Waals surface area contributed by atoms with E-state index in [4.69, 9.17) is 4.42 Å². The van der Waals surface area contributed by atoms with Gasteiger partial charge in [0.2, 0.25) is 5.16 Å². The van der Waals surface area contributed by atoms with Gasteiger partial charge in [-0.3, -0.25) is 14.9 Å². The Balaban J connectivity index is 1.80. The minimum Gasteiger partial charge on any atom is -0.447 e. The van der Waals surface area contributed by atoms with Crippen LogP contribution >= 0.6 is 11.8 Å². The quantitative estimate of drug-likeness (QED) is 0.734. The van der Waals surface area contributed by atoms with Crippen LogP contribution in [0.5, 0.6) is 0 Å². The van der Waals surface area contributed by atoms with E-state index in [0.717, 1.165) is 5.56 Å². The van der Waals surface area contributed by atoms with E-state index in [1.807, 2.05) is 12.1 Å². The third kappa shape index (κ3) is 2.55. The molecule has 3 aromatic rings. The number of hydrogen-bond donors (Lipinski definition) is 1. The van der Waals surface area contributed by atoms with Crippen molar-refractivity contribution in [1.82, 2.24) is 20.2 Å². The van der Waals surface area contributed by atoms with Gasteiger partial charge in [-0.1, -0.05) is 0 Å². The van der Waals surface area contributed by atoms with Crippen LogP contribution in [-0.4, -0.2) is 26.5 Å². The summed E-state index contributed by atoms with van der Waals surface area (Å²) in [5.74, 6) is 0.944. The Hall–Kier alpha value is -2.41. The fraction of sp³-hybridized carbons (Fsp3) is 0. The Morgan fingerprint density at radius 3 is 2.79 bits per heavy atom. The maximum absolute atomic E-state index is 10.5. The first kappa shape index (κ1) is 11.7. The number of aldehydes is 1. The first-order valence-electron chi connectivity index (χ1n) is 5.41. The van der Waals surface area contributed by atoms with Crippen LogP contribution in [-0.2, 0) is 0 Å². The molecule has 1 N–H and O–H groups in total. The standard InChI is InChI=1S/C12H8N4O2S/c17-7-9-1-2-10(18-9)19-12-14-11(15-16-12)8-3-5-13-6-4-8/h1-7H,(H,14,15,16). The molecule has 0 aliphatic carbocycles. The zero-order chi connectivity index (χ0) is 13.1. The van der Waals surface area contributed by atoms with Gasteiger partial charge in [-0.15, -0.1) is 5.10 Å². The second-order valence-electron chi connectivity index (χ2n) is 3.58. The molecule has 7 heteroatoms. The fourth-order valence-electron chi connectivity index (χ4n) is 1.47. The molecule has 0 saturated carbocycles. The summed E-state index contributed by atoms with van der Waals surface area (Å²) in [5, 5.41) is 8.02. The summed E-state index contributed by atoms with van der Waals surface area (Å²) in [5.41, 5.74) is 0.905. The molecule has 19 heavy (non-hydrogen) atoms. The van der Waals surface area contributed by atoms with Gasteiger partial charge in [0.15, 0.2) is 23.0 Å². The summed E-state index contributed by atoms with van der Waals surface area (Å²) in [4.78, 5) is 18.8. The smallest absolute Gasteiger partial charge is 0.216 e. The summed E-state index contributed by atoms with van der Waals surface area (Å²) in [6.45, 7) is 0. The number of furan rings is 1. The molecule has 0 aliphatic heterocycles. The summed E-state index contributed by atoms with van der Waals surface area (Å²) < 4.78 is 5.24. The zero-order valence-corrected chi connectivity index (χ0v) is 10.4. The number of carbonyl (C=O) groups excluding carboxylic acids is 1. The molecule has 0 radical (unpaired) electrons. The number of nitrogens with zero attached hydrogens (tertiary/aromatic N) is 3. The van der Waals surface area contributed by atoms with Crippen molar-refractivity contribution in [1.29, 1.82) is 0 Å². The molecule has 3 aromatic heterocycles. The van der Waals surface area contributed by atoms with Crippen LogP contribution in [0, 0.1) is 0 Å². The maximum atomic E-state index is 10.5. The summed E-state index contributed by atoms with van der Waals surface area (Å²) >= 11 is 1.24. The highest BCUT2D eigenvalue weighted by atomic mass is 32.2. The lowest BCUT2D eigenvalue weighted by Crippen LogP contribution is -1.80. The van der Waals surface area contributed by atoms with Gasteiger partial charge in [0.25, 0.3) is 0 Å². The largest absolute Gasteiger partial charge is 0.447 e. The molecule has 3 heterocycles. The van der Waals surface area contributed by atoms with Gasteiger partial charge in [-0.25, -0.2) is 4.98 Å². The lowest BCUT2D eigenvalue weighted by atomic mass is 10.3. The Kier molecular flexibility index (Phi) is 3.11. The number of hydrogen-bond acceptors (Lipinski definition) is 6. The summed E-state index contributed by atoms with van der Waals surface area (Å²) in [6, 6.07) is 6.99. The molecule has 0 saturated heterocycles. The molecule has 0 amide bonds. The zero-order valence-electron chi connectivity index (χ0n) is 9.61. The van der Waals surface area contributed by atoms with Gasteiger partial charge < -0.3 is 4.42 Å². The molecule has 0 aromatic carbocycles. The van der Waals surface area contributed by atoms with Gasteiger partial charge in [0.05, 0.1) is 0 Å². The number of H-pyrrole nitrogens is 1. The number of nitrogens with one attached hydrogen (secondary N) is 1. The summed E-state index contributed by atoms with van der Waals surface area (Å²) in [6.07, 6.45) is 4.03. The molecule has 6 nitrogen and oxygen atoms in total. The van der Waals surface area contributed by atoms with Crippen molar-refractivity contribution >= 4 is 18.0 Å². The number of rotatable bonds is 4.